The van der Waals surface area contributed by atoms with Crippen LogP contribution in [0.3, 0.4) is 0 Å². The zero-order valence-corrected chi connectivity index (χ0v) is 24.9. The molecule has 0 bridgehead atoms. The van der Waals surface area contributed by atoms with Crippen LogP contribution in [0.15, 0.2) is 85.1 Å². The smallest absolute Gasteiger partial charge is 0.262 e. The zero-order chi connectivity index (χ0) is 29.1. The molecule has 7 nitrogen and oxygen atoms in total. The minimum atomic E-state index is -0.215. The van der Waals surface area contributed by atoms with E-state index in [1.165, 1.54) is 49.1 Å². The van der Waals surface area contributed by atoms with Crippen molar-refractivity contribution in [1.82, 2.24) is 14.9 Å². The molecule has 216 valence electrons. The maximum absolute atomic E-state index is 12.5. The normalized spacial score (nSPS) is 19.0. The van der Waals surface area contributed by atoms with Crippen LogP contribution in [0.5, 0.6) is 5.75 Å². The van der Waals surface area contributed by atoms with Crippen molar-refractivity contribution in [2.75, 3.05) is 16.8 Å². The Labute approximate surface area is 252 Å². The molecule has 42 heavy (non-hydrogen) atoms. The highest BCUT2D eigenvalue weighted by Gasteiger charge is 2.42. The van der Waals surface area contributed by atoms with Gasteiger partial charge in [-0.05, 0) is 99.1 Å². The number of nitrogens with one attached hydrogen (secondary N) is 2. The SMILES string of the molecule is Cc1cc(C2C(c3ccccn3)NC(=S)N2c2ccc(NC(=O)COc3ccccc3)cc2)c(C)n1C1CCCCC1. The average molecular weight is 580 g/mol. The molecule has 1 saturated carbocycles. The minimum absolute atomic E-state index is 0.0592. The largest absolute Gasteiger partial charge is 0.484 e. The molecule has 2 fully saturated rings. The van der Waals surface area contributed by atoms with Crippen LogP contribution < -0.4 is 20.3 Å². The molecule has 2 N–H and O–H groups in total. The second kappa shape index (κ2) is 12.4. The van der Waals surface area contributed by atoms with Gasteiger partial charge in [0.2, 0.25) is 0 Å². The van der Waals surface area contributed by atoms with Gasteiger partial charge in [0.25, 0.3) is 5.91 Å². The number of carbonyl (C=O) groups excluding carboxylic acids is 1. The molecule has 1 aliphatic carbocycles. The van der Waals surface area contributed by atoms with Gasteiger partial charge < -0.3 is 24.8 Å². The van der Waals surface area contributed by atoms with Crippen molar-refractivity contribution in [3.63, 3.8) is 0 Å². The van der Waals surface area contributed by atoms with Gasteiger partial charge in [-0.1, -0.05) is 43.5 Å². The molecule has 0 radical (unpaired) electrons. The number of carbonyl (C=O) groups is 1. The van der Waals surface area contributed by atoms with Gasteiger partial charge in [-0.15, -0.1) is 0 Å². The summed E-state index contributed by atoms with van der Waals surface area (Å²) in [5.74, 6) is 0.447. The Bertz CT molecular complexity index is 1530. The standard InChI is InChI=1S/C34H37N5O2S/c1-23-21-29(24(2)38(23)26-11-5-3-6-12-26)33-32(30-15-9-10-20-35-30)37-34(42)39(33)27-18-16-25(17-19-27)36-31(40)22-41-28-13-7-4-8-14-28/h4,7-10,13-21,26,32-33H,3,5-6,11-12,22H2,1-2H3,(H,36,40)(H,37,42). The van der Waals surface area contributed by atoms with Crippen LogP contribution in [0.1, 0.15) is 72.9 Å². The quantitative estimate of drug-likeness (QED) is 0.215. The van der Waals surface area contributed by atoms with E-state index in [0.717, 1.165) is 11.4 Å². The monoisotopic (exact) mass is 579 g/mol. The van der Waals surface area contributed by atoms with Crippen LogP contribution >= 0.6 is 12.2 Å². The van der Waals surface area contributed by atoms with Crippen molar-refractivity contribution in [2.45, 2.75) is 64.1 Å². The van der Waals surface area contributed by atoms with Gasteiger partial charge in [-0.25, -0.2) is 0 Å². The lowest BCUT2D eigenvalue weighted by Gasteiger charge is -2.30. The summed E-state index contributed by atoms with van der Waals surface area (Å²) in [6.07, 6.45) is 8.20. The first-order chi connectivity index (χ1) is 20.5. The molecule has 2 aliphatic rings. The Morgan fingerprint density at radius 1 is 1.00 bits per heavy atom. The Morgan fingerprint density at radius 2 is 1.74 bits per heavy atom. The van der Waals surface area contributed by atoms with Gasteiger partial charge in [0.1, 0.15) is 5.75 Å². The first kappa shape index (κ1) is 28.0. The summed E-state index contributed by atoms with van der Waals surface area (Å²) in [4.78, 5) is 19.5. The highest BCUT2D eigenvalue weighted by atomic mass is 32.1. The predicted molar refractivity (Wildman–Crippen MR) is 171 cm³/mol. The summed E-state index contributed by atoms with van der Waals surface area (Å²) in [5, 5.41) is 7.17. The number of thiocarbonyl (C=S) groups is 1. The van der Waals surface area contributed by atoms with Gasteiger partial charge >= 0.3 is 0 Å². The highest BCUT2D eigenvalue weighted by Crippen LogP contribution is 2.44. The number of benzene rings is 2. The van der Waals surface area contributed by atoms with Crippen molar-refractivity contribution in [2.24, 2.45) is 0 Å². The number of aryl methyl sites for hydroxylation is 1. The van der Waals surface area contributed by atoms with Crippen LogP contribution in [0, 0.1) is 13.8 Å². The first-order valence-electron chi connectivity index (χ1n) is 14.8. The summed E-state index contributed by atoms with van der Waals surface area (Å²) in [7, 11) is 0. The van der Waals surface area contributed by atoms with Gasteiger partial charge in [0.15, 0.2) is 11.7 Å². The van der Waals surface area contributed by atoms with Crippen molar-refractivity contribution < 1.29 is 9.53 Å². The molecule has 2 unspecified atom stereocenters. The summed E-state index contributed by atoms with van der Waals surface area (Å²) in [5.41, 5.74) is 6.46. The summed E-state index contributed by atoms with van der Waals surface area (Å²) in [6, 6.07) is 25.9. The average Bonchev–Trinajstić information content (AvgIpc) is 3.52. The van der Waals surface area contributed by atoms with Crippen molar-refractivity contribution in [3.05, 3.63) is 108 Å². The maximum atomic E-state index is 12.5. The molecule has 2 atom stereocenters. The topological polar surface area (TPSA) is 71.4 Å². The number of para-hydroxylation sites is 1. The number of aromatic nitrogens is 2. The van der Waals surface area contributed by atoms with E-state index in [9.17, 15) is 4.79 Å². The second-order valence-corrected chi connectivity index (χ2v) is 11.6. The van der Waals surface area contributed by atoms with Gasteiger partial charge in [0.05, 0.1) is 17.8 Å². The van der Waals surface area contributed by atoms with E-state index in [1.807, 2.05) is 72.9 Å². The van der Waals surface area contributed by atoms with Crippen LogP contribution in [-0.2, 0) is 4.79 Å². The van der Waals surface area contributed by atoms with Crippen LogP contribution in [-0.4, -0.2) is 27.2 Å². The Hall–Kier alpha value is -4.17. The molecule has 1 aliphatic heterocycles. The van der Waals surface area contributed by atoms with E-state index in [0.29, 0.717) is 22.6 Å². The van der Waals surface area contributed by atoms with Crippen LogP contribution in [0.2, 0.25) is 0 Å². The van der Waals surface area contributed by atoms with Gasteiger partial charge in [0, 0.05) is 35.0 Å². The Kier molecular flexibility index (Phi) is 8.24. The second-order valence-electron chi connectivity index (χ2n) is 11.2. The van der Waals surface area contributed by atoms with Gasteiger partial charge in [-0.2, -0.15) is 0 Å². The number of anilines is 2. The maximum Gasteiger partial charge on any atom is 0.262 e. The van der Waals surface area contributed by atoms with E-state index in [-0.39, 0.29) is 24.6 Å². The third-order valence-electron chi connectivity index (χ3n) is 8.42. The van der Waals surface area contributed by atoms with E-state index in [1.54, 1.807) is 0 Å². The van der Waals surface area contributed by atoms with E-state index >= 15 is 0 Å². The molecule has 1 amide bonds. The fourth-order valence-corrected chi connectivity index (χ4v) is 6.87. The minimum Gasteiger partial charge on any atom is -0.484 e. The lowest BCUT2D eigenvalue weighted by molar-refractivity contribution is -0.118. The van der Waals surface area contributed by atoms with Crippen molar-refractivity contribution in [3.8, 4) is 5.75 Å². The first-order valence-corrected chi connectivity index (χ1v) is 15.2. The molecule has 2 aromatic carbocycles. The van der Waals surface area contributed by atoms with E-state index in [2.05, 4.69) is 46.1 Å². The summed E-state index contributed by atoms with van der Waals surface area (Å²) in [6.45, 7) is 4.42. The molecular formula is C34H37N5O2S. The zero-order valence-electron chi connectivity index (χ0n) is 24.1. The van der Waals surface area contributed by atoms with E-state index < -0.39 is 0 Å². The fraction of sp³-hybridized carbons (Fsp3) is 0.324. The van der Waals surface area contributed by atoms with Gasteiger partial charge in [-0.3, -0.25) is 9.78 Å². The van der Waals surface area contributed by atoms with E-state index in [4.69, 9.17) is 21.9 Å². The molecule has 6 rings (SSSR count). The Morgan fingerprint density at radius 3 is 2.45 bits per heavy atom. The third-order valence-corrected chi connectivity index (χ3v) is 8.74. The predicted octanol–water partition coefficient (Wildman–Crippen LogP) is 7.20. The molecular weight excluding hydrogens is 542 g/mol. The number of pyridine rings is 1. The molecule has 3 heterocycles. The highest BCUT2D eigenvalue weighted by molar-refractivity contribution is 7.80. The Balaban J connectivity index is 1.27. The van der Waals surface area contributed by atoms with Crippen LogP contribution in [0.25, 0.3) is 0 Å². The number of ether oxygens (including phenoxy) is 1. The van der Waals surface area contributed by atoms with Crippen molar-refractivity contribution in [1.29, 1.82) is 0 Å². The lowest BCUT2D eigenvalue weighted by atomic mass is 9.94. The van der Waals surface area contributed by atoms with Crippen molar-refractivity contribution >= 4 is 34.6 Å². The number of rotatable bonds is 8. The number of hydrogen-bond acceptors (Lipinski definition) is 4. The molecule has 8 heteroatoms. The summed E-state index contributed by atoms with van der Waals surface area (Å²) >= 11 is 5.96. The lowest BCUT2D eigenvalue weighted by Crippen LogP contribution is -2.29. The fourth-order valence-electron chi connectivity index (χ4n) is 6.52. The summed E-state index contributed by atoms with van der Waals surface area (Å²) < 4.78 is 8.14. The molecule has 4 aromatic rings. The van der Waals surface area contributed by atoms with Crippen LogP contribution in [0.4, 0.5) is 11.4 Å². The molecule has 2 aromatic heterocycles. The number of nitrogens with zero attached hydrogens (tertiary/aromatic N) is 3. The third kappa shape index (κ3) is 5.77. The molecule has 1 saturated heterocycles. The number of hydrogen-bond donors (Lipinski definition) is 2. The number of amides is 1. The molecule has 0 spiro atoms.